The van der Waals surface area contributed by atoms with Gasteiger partial charge in [0.05, 0.1) is 11.5 Å². The highest BCUT2D eigenvalue weighted by Gasteiger charge is 2.52. The average molecular weight is 475 g/mol. The summed E-state index contributed by atoms with van der Waals surface area (Å²) in [5.74, 6) is 0.168. The van der Waals surface area contributed by atoms with Gasteiger partial charge >= 0.3 is 0 Å². The van der Waals surface area contributed by atoms with Gasteiger partial charge in [0.2, 0.25) is 0 Å². The first-order valence-corrected chi connectivity index (χ1v) is 13.0. The minimum absolute atomic E-state index is 0.0532. The predicted molar refractivity (Wildman–Crippen MR) is 127 cm³/mol. The van der Waals surface area contributed by atoms with Crippen LogP contribution in [0.4, 0.5) is 0 Å². The summed E-state index contributed by atoms with van der Waals surface area (Å²) in [7, 11) is -4.04. The van der Waals surface area contributed by atoms with Gasteiger partial charge in [-0.05, 0) is 48.6 Å². The molecule has 0 aliphatic carbocycles. The Morgan fingerprint density at radius 3 is 2.21 bits per heavy atom. The molecular weight excluding hydrogens is 440 g/mol. The number of benzene rings is 2. The van der Waals surface area contributed by atoms with Crippen molar-refractivity contribution in [2.24, 2.45) is 5.92 Å². The predicted octanol–water partition coefficient (Wildman–Crippen LogP) is 3.82. The molecule has 0 radical (unpaired) electrons. The van der Waals surface area contributed by atoms with E-state index in [1.807, 2.05) is 30.3 Å². The molecule has 2 aromatic rings. The number of sulfone groups is 1. The van der Waals surface area contributed by atoms with Gasteiger partial charge in [0.15, 0.2) is 14.6 Å². The van der Waals surface area contributed by atoms with E-state index in [4.69, 9.17) is 4.74 Å². The molecule has 7 nitrogen and oxygen atoms in total. The van der Waals surface area contributed by atoms with Crippen molar-refractivity contribution in [3.8, 4) is 5.75 Å². The molecule has 2 aromatic carbocycles. The number of likely N-dealkylation sites (tertiary alicyclic amines) is 1. The van der Waals surface area contributed by atoms with Crippen molar-refractivity contribution in [2.75, 3.05) is 19.7 Å². The van der Waals surface area contributed by atoms with E-state index in [-0.39, 0.29) is 17.7 Å². The monoisotopic (exact) mass is 474 g/mol. The number of hydrogen-bond acceptors (Lipinski definition) is 6. The number of hydroxylamine groups is 1. The Labute approximate surface area is 196 Å². The third-order valence-corrected chi connectivity index (χ3v) is 9.23. The lowest BCUT2D eigenvalue weighted by atomic mass is 9.94. The van der Waals surface area contributed by atoms with E-state index in [2.05, 4.69) is 18.7 Å². The van der Waals surface area contributed by atoms with E-state index in [0.717, 1.165) is 18.4 Å². The van der Waals surface area contributed by atoms with Crippen LogP contribution in [0.5, 0.6) is 5.75 Å². The molecule has 180 valence electrons. The van der Waals surface area contributed by atoms with E-state index in [9.17, 15) is 18.4 Å². The highest BCUT2D eigenvalue weighted by atomic mass is 32.2. The van der Waals surface area contributed by atoms with Crippen LogP contribution in [0.3, 0.4) is 0 Å². The van der Waals surface area contributed by atoms with Crippen molar-refractivity contribution in [2.45, 2.75) is 55.7 Å². The molecule has 8 heteroatoms. The zero-order chi connectivity index (χ0) is 23.9. The van der Waals surface area contributed by atoms with Gasteiger partial charge < -0.3 is 4.74 Å². The van der Waals surface area contributed by atoms with Crippen LogP contribution < -0.4 is 10.2 Å². The Morgan fingerprint density at radius 2 is 1.67 bits per heavy atom. The Morgan fingerprint density at radius 1 is 1.06 bits per heavy atom. The molecule has 1 fully saturated rings. The van der Waals surface area contributed by atoms with Crippen LogP contribution in [-0.4, -0.2) is 48.9 Å². The quantitative estimate of drug-likeness (QED) is 0.402. The lowest BCUT2D eigenvalue weighted by Gasteiger charge is -2.39. The number of carbonyl (C=O) groups excluding carboxylic acids is 1. The first kappa shape index (κ1) is 25.2. The van der Waals surface area contributed by atoms with E-state index in [1.165, 1.54) is 12.1 Å². The van der Waals surface area contributed by atoms with E-state index >= 15 is 0 Å². The second kappa shape index (κ2) is 11.1. The van der Waals surface area contributed by atoms with Crippen molar-refractivity contribution >= 4 is 15.7 Å². The van der Waals surface area contributed by atoms with Gasteiger partial charge in [-0.1, -0.05) is 57.0 Å². The number of carbonyl (C=O) groups is 1. The standard InChI is InChI=1S/C25H34N2O5S/c1-3-20(4-2)19-32-22-10-12-23(13-11-22)33(30,31)25(24(28)26-29)14-16-27(17-15-25)18-21-8-6-5-7-9-21/h5-13,20,29H,3-4,14-19H2,1-2H3,(H,26,28). The topological polar surface area (TPSA) is 95.9 Å². The van der Waals surface area contributed by atoms with Gasteiger partial charge in [0.1, 0.15) is 5.75 Å². The Kier molecular flexibility index (Phi) is 8.51. The summed E-state index contributed by atoms with van der Waals surface area (Å²) < 4.78 is 31.3. The maximum absolute atomic E-state index is 13.6. The zero-order valence-electron chi connectivity index (χ0n) is 19.4. The molecule has 0 bridgehead atoms. The zero-order valence-corrected chi connectivity index (χ0v) is 20.2. The molecule has 2 N–H and O–H groups in total. The first-order chi connectivity index (χ1) is 15.9. The van der Waals surface area contributed by atoms with Gasteiger partial charge in [0.25, 0.3) is 5.91 Å². The molecule has 0 atom stereocenters. The number of hydrogen-bond donors (Lipinski definition) is 2. The van der Waals surface area contributed by atoms with Crippen molar-refractivity contribution in [1.82, 2.24) is 10.4 Å². The summed E-state index contributed by atoms with van der Waals surface area (Å²) in [6.07, 6.45) is 2.23. The highest BCUT2D eigenvalue weighted by Crippen LogP contribution is 2.37. The van der Waals surface area contributed by atoms with Crippen molar-refractivity contribution < 1.29 is 23.2 Å². The number of ether oxygens (including phenoxy) is 1. The molecule has 3 rings (SSSR count). The Bertz CT molecular complexity index is 997. The largest absolute Gasteiger partial charge is 0.493 e. The summed E-state index contributed by atoms with van der Waals surface area (Å²) in [6, 6.07) is 16.1. The molecule has 1 aliphatic rings. The van der Waals surface area contributed by atoms with Gasteiger partial charge in [-0.3, -0.25) is 14.9 Å². The molecule has 1 heterocycles. The van der Waals surface area contributed by atoms with Gasteiger partial charge in [-0.25, -0.2) is 13.9 Å². The summed E-state index contributed by atoms with van der Waals surface area (Å²) in [6.45, 7) is 6.35. The molecular formula is C25H34N2O5S. The molecule has 0 spiro atoms. The summed E-state index contributed by atoms with van der Waals surface area (Å²) in [4.78, 5) is 14.9. The molecule has 1 aliphatic heterocycles. The lowest BCUT2D eigenvalue weighted by molar-refractivity contribution is -0.133. The molecule has 1 saturated heterocycles. The molecule has 1 amide bonds. The molecule has 0 unspecified atom stereocenters. The lowest BCUT2D eigenvalue weighted by Crippen LogP contribution is -2.57. The Balaban J connectivity index is 1.76. The minimum Gasteiger partial charge on any atom is -0.493 e. The van der Waals surface area contributed by atoms with Crippen molar-refractivity contribution in [1.29, 1.82) is 0 Å². The van der Waals surface area contributed by atoms with Crippen LogP contribution in [0.2, 0.25) is 0 Å². The first-order valence-electron chi connectivity index (χ1n) is 11.5. The van der Waals surface area contributed by atoms with E-state index in [1.54, 1.807) is 17.6 Å². The number of amides is 1. The Hall–Kier alpha value is -2.42. The fraction of sp³-hybridized carbons (Fsp3) is 0.480. The van der Waals surface area contributed by atoms with Crippen molar-refractivity contribution in [3.63, 3.8) is 0 Å². The molecule has 33 heavy (non-hydrogen) atoms. The number of piperidine rings is 1. The van der Waals surface area contributed by atoms with Crippen LogP contribution >= 0.6 is 0 Å². The smallest absolute Gasteiger partial charge is 0.265 e. The van der Waals surface area contributed by atoms with Crippen LogP contribution in [0, 0.1) is 5.92 Å². The molecule has 0 saturated carbocycles. The molecule has 0 aromatic heterocycles. The fourth-order valence-corrected chi connectivity index (χ4v) is 6.27. The maximum atomic E-state index is 13.6. The van der Waals surface area contributed by atoms with E-state index < -0.39 is 20.5 Å². The SMILES string of the molecule is CCC(CC)COc1ccc(S(=O)(=O)C2(C(=O)NO)CCN(Cc3ccccc3)CC2)cc1. The van der Waals surface area contributed by atoms with Crippen LogP contribution in [-0.2, 0) is 21.2 Å². The summed E-state index contributed by atoms with van der Waals surface area (Å²) in [5.41, 5.74) is 2.74. The minimum atomic E-state index is -4.04. The fourth-order valence-electron chi connectivity index (χ4n) is 4.31. The highest BCUT2D eigenvalue weighted by molar-refractivity contribution is 7.93. The van der Waals surface area contributed by atoms with Crippen molar-refractivity contribution in [3.05, 3.63) is 60.2 Å². The summed E-state index contributed by atoms with van der Waals surface area (Å²) in [5, 5.41) is 9.38. The third kappa shape index (κ3) is 5.57. The maximum Gasteiger partial charge on any atom is 0.265 e. The van der Waals surface area contributed by atoms with Gasteiger partial charge in [-0.2, -0.15) is 0 Å². The third-order valence-electron chi connectivity index (χ3n) is 6.72. The van der Waals surface area contributed by atoms with Crippen LogP contribution in [0.15, 0.2) is 59.5 Å². The number of nitrogens with one attached hydrogen (secondary N) is 1. The number of rotatable bonds is 10. The van der Waals surface area contributed by atoms with E-state index in [0.29, 0.717) is 37.9 Å². The number of nitrogens with zero attached hydrogens (tertiary/aromatic N) is 1. The normalized spacial score (nSPS) is 16.5. The van der Waals surface area contributed by atoms with Crippen LogP contribution in [0.1, 0.15) is 45.1 Å². The second-order valence-electron chi connectivity index (χ2n) is 8.67. The average Bonchev–Trinajstić information content (AvgIpc) is 2.85. The summed E-state index contributed by atoms with van der Waals surface area (Å²) >= 11 is 0. The van der Waals surface area contributed by atoms with Gasteiger partial charge in [0, 0.05) is 19.6 Å². The van der Waals surface area contributed by atoms with Crippen LogP contribution in [0.25, 0.3) is 0 Å². The van der Waals surface area contributed by atoms with Gasteiger partial charge in [-0.15, -0.1) is 0 Å². The second-order valence-corrected chi connectivity index (χ2v) is 10.9.